The fourth-order valence-corrected chi connectivity index (χ4v) is 1.93. The molecule has 1 aromatic heterocycles. The van der Waals surface area contributed by atoms with Crippen LogP contribution in [0, 0.1) is 18.8 Å². The first kappa shape index (κ1) is 12.3. The molecule has 3 aromatic rings. The van der Waals surface area contributed by atoms with Gasteiger partial charge in [-0.2, -0.15) is 0 Å². The van der Waals surface area contributed by atoms with Crippen LogP contribution in [0.2, 0.25) is 0 Å². The molecule has 0 aliphatic heterocycles. The summed E-state index contributed by atoms with van der Waals surface area (Å²) in [7, 11) is 0. The molecule has 0 N–H and O–H groups in total. The van der Waals surface area contributed by atoms with Crippen molar-refractivity contribution in [3.05, 3.63) is 81.7 Å². The predicted molar refractivity (Wildman–Crippen MR) is 79.6 cm³/mol. The van der Waals surface area contributed by atoms with E-state index >= 15 is 0 Å². The summed E-state index contributed by atoms with van der Waals surface area (Å²) >= 11 is 0. The maximum atomic E-state index is 11.8. The number of hydrogen-bond acceptors (Lipinski definition) is 2. The summed E-state index contributed by atoms with van der Waals surface area (Å²) in [5.74, 6) is 5.87. The molecule has 0 bridgehead atoms. The van der Waals surface area contributed by atoms with Gasteiger partial charge in [-0.05, 0) is 31.2 Å². The quantitative estimate of drug-likeness (QED) is 0.457. The normalized spacial score (nSPS) is 10.1. The van der Waals surface area contributed by atoms with Gasteiger partial charge in [-0.15, -0.1) is 0 Å². The van der Waals surface area contributed by atoms with Crippen LogP contribution in [0.1, 0.15) is 16.7 Å². The second-order valence-corrected chi connectivity index (χ2v) is 4.60. The van der Waals surface area contributed by atoms with E-state index < -0.39 is 5.63 Å². The molecule has 0 amide bonds. The van der Waals surface area contributed by atoms with Crippen molar-refractivity contribution in [3.8, 4) is 11.8 Å². The molecule has 0 aliphatic carbocycles. The van der Waals surface area contributed by atoms with Crippen LogP contribution in [0.4, 0.5) is 0 Å². The van der Waals surface area contributed by atoms with E-state index in [2.05, 4.69) is 11.8 Å². The van der Waals surface area contributed by atoms with Crippen LogP contribution in [-0.2, 0) is 0 Å². The van der Waals surface area contributed by atoms with Gasteiger partial charge >= 0.3 is 5.63 Å². The third-order valence-electron chi connectivity index (χ3n) is 3.03. The van der Waals surface area contributed by atoms with Crippen LogP contribution < -0.4 is 5.63 Å². The molecule has 2 aromatic carbocycles. The molecule has 20 heavy (non-hydrogen) atoms. The topological polar surface area (TPSA) is 30.2 Å². The van der Waals surface area contributed by atoms with Gasteiger partial charge in [0.25, 0.3) is 0 Å². The molecule has 0 fully saturated rings. The largest absolute Gasteiger partial charge is 0.422 e. The Hall–Kier alpha value is -2.79. The van der Waals surface area contributed by atoms with Crippen LogP contribution in [0.3, 0.4) is 0 Å². The summed E-state index contributed by atoms with van der Waals surface area (Å²) in [4.78, 5) is 11.8. The van der Waals surface area contributed by atoms with Crippen molar-refractivity contribution in [2.75, 3.05) is 0 Å². The van der Waals surface area contributed by atoms with Crippen LogP contribution in [0.5, 0.6) is 0 Å². The number of para-hydroxylation sites is 1. The average Bonchev–Trinajstić information content (AvgIpc) is 2.47. The Morgan fingerprint density at radius 3 is 2.50 bits per heavy atom. The lowest BCUT2D eigenvalue weighted by Crippen LogP contribution is -2.03. The number of aryl methyl sites for hydroxylation is 1. The summed E-state index contributed by atoms with van der Waals surface area (Å²) < 4.78 is 5.24. The van der Waals surface area contributed by atoms with Crippen molar-refractivity contribution < 1.29 is 4.42 Å². The molecule has 0 unspecified atom stereocenters. The molecule has 3 rings (SSSR count). The van der Waals surface area contributed by atoms with Crippen LogP contribution in [-0.4, -0.2) is 0 Å². The number of hydrogen-bond donors (Lipinski definition) is 0. The van der Waals surface area contributed by atoms with E-state index in [1.54, 1.807) is 12.1 Å². The summed E-state index contributed by atoms with van der Waals surface area (Å²) in [6.45, 7) is 2.02. The Labute approximate surface area is 116 Å². The second kappa shape index (κ2) is 5.07. The SMILES string of the molecule is Cc1ccc(C#Cc2cc3ccccc3oc2=O)cc1. The zero-order chi connectivity index (χ0) is 13.9. The third kappa shape index (κ3) is 2.48. The second-order valence-electron chi connectivity index (χ2n) is 4.60. The maximum absolute atomic E-state index is 11.8. The van der Waals surface area contributed by atoms with Crippen LogP contribution in [0.15, 0.2) is 63.8 Å². The summed E-state index contributed by atoms with van der Waals surface area (Å²) in [6.07, 6.45) is 0. The molecular weight excluding hydrogens is 248 g/mol. The Morgan fingerprint density at radius 2 is 1.70 bits per heavy atom. The highest BCUT2D eigenvalue weighted by molar-refractivity contribution is 5.77. The fraction of sp³-hybridized carbons (Fsp3) is 0.0556. The summed E-state index contributed by atoms with van der Waals surface area (Å²) in [6, 6.07) is 17.0. The lowest BCUT2D eigenvalue weighted by atomic mass is 10.1. The van der Waals surface area contributed by atoms with Gasteiger partial charge in [0.05, 0.1) is 0 Å². The van der Waals surface area contributed by atoms with Gasteiger partial charge in [0.15, 0.2) is 0 Å². The minimum atomic E-state index is -0.400. The minimum absolute atomic E-state index is 0.379. The molecule has 0 atom stereocenters. The van der Waals surface area contributed by atoms with Gasteiger partial charge in [0.2, 0.25) is 0 Å². The van der Waals surface area contributed by atoms with Crippen molar-refractivity contribution in [2.45, 2.75) is 6.92 Å². The first-order valence-corrected chi connectivity index (χ1v) is 6.34. The van der Waals surface area contributed by atoms with Crippen molar-refractivity contribution in [1.82, 2.24) is 0 Å². The summed E-state index contributed by atoms with van der Waals surface area (Å²) in [5, 5.41) is 0.875. The highest BCUT2D eigenvalue weighted by Gasteiger charge is 2.01. The van der Waals surface area contributed by atoms with Gasteiger partial charge in [-0.3, -0.25) is 0 Å². The molecule has 2 heteroatoms. The number of rotatable bonds is 0. The average molecular weight is 260 g/mol. The van der Waals surface area contributed by atoms with E-state index in [1.165, 1.54) is 5.56 Å². The monoisotopic (exact) mass is 260 g/mol. The molecular formula is C18H12O2. The molecule has 0 radical (unpaired) electrons. The first-order chi connectivity index (χ1) is 9.72. The molecule has 0 saturated carbocycles. The highest BCUT2D eigenvalue weighted by atomic mass is 16.4. The van der Waals surface area contributed by atoms with Gasteiger partial charge in [0, 0.05) is 10.9 Å². The maximum Gasteiger partial charge on any atom is 0.352 e. The van der Waals surface area contributed by atoms with E-state index in [-0.39, 0.29) is 0 Å². The van der Waals surface area contributed by atoms with E-state index in [0.717, 1.165) is 10.9 Å². The molecule has 1 heterocycles. The van der Waals surface area contributed by atoms with Crippen LogP contribution in [0.25, 0.3) is 11.0 Å². The molecule has 0 spiro atoms. The van der Waals surface area contributed by atoms with Crippen molar-refractivity contribution in [3.63, 3.8) is 0 Å². The van der Waals surface area contributed by atoms with Gasteiger partial charge < -0.3 is 4.42 Å². The zero-order valence-corrected chi connectivity index (χ0v) is 11.0. The molecule has 0 saturated heterocycles. The van der Waals surface area contributed by atoms with Gasteiger partial charge in [-0.1, -0.05) is 47.7 Å². The van der Waals surface area contributed by atoms with Gasteiger partial charge in [0.1, 0.15) is 11.1 Å². The van der Waals surface area contributed by atoms with Crippen molar-refractivity contribution in [1.29, 1.82) is 0 Å². The number of fused-ring (bicyclic) bond motifs is 1. The lowest BCUT2D eigenvalue weighted by molar-refractivity contribution is 0.559. The van der Waals surface area contributed by atoms with Crippen LogP contribution >= 0.6 is 0 Å². The highest BCUT2D eigenvalue weighted by Crippen LogP contribution is 2.12. The third-order valence-corrected chi connectivity index (χ3v) is 3.03. The van der Waals surface area contributed by atoms with E-state index in [0.29, 0.717) is 11.1 Å². The minimum Gasteiger partial charge on any atom is -0.422 e. The standard InChI is InChI=1S/C18H12O2/c1-13-6-8-14(9-7-13)10-11-16-12-15-4-2-3-5-17(15)20-18(16)19/h2-9,12H,1H3. The van der Waals surface area contributed by atoms with E-state index in [1.807, 2.05) is 49.4 Å². The molecule has 96 valence electrons. The Balaban J connectivity index is 2.05. The Kier molecular flexibility index (Phi) is 3.10. The Bertz CT molecular complexity index is 875. The van der Waals surface area contributed by atoms with E-state index in [9.17, 15) is 4.79 Å². The Morgan fingerprint density at radius 1 is 0.950 bits per heavy atom. The molecule has 0 aliphatic rings. The zero-order valence-electron chi connectivity index (χ0n) is 11.0. The number of benzene rings is 2. The fourth-order valence-electron chi connectivity index (χ4n) is 1.93. The van der Waals surface area contributed by atoms with Gasteiger partial charge in [-0.25, -0.2) is 4.79 Å². The van der Waals surface area contributed by atoms with Crippen molar-refractivity contribution >= 4 is 11.0 Å². The smallest absolute Gasteiger partial charge is 0.352 e. The first-order valence-electron chi connectivity index (χ1n) is 6.34. The predicted octanol–water partition coefficient (Wildman–Crippen LogP) is 3.50. The van der Waals surface area contributed by atoms with E-state index in [4.69, 9.17) is 4.42 Å². The molecule has 2 nitrogen and oxygen atoms in total. The summed E-state index contributed by atoms with van der Waals surface area (Å²) in [5.41, 5.74) is 2.62. The lowest BCUT2D eigenvalue weighted by Gasteiger charge is -1.96. The van der Waals surface area contributed by atoms with Crippen molar-refractivity contribution in [2.24, 2.45) is 0 Å².